The molecule has 190 valence electrons. The van der Waals surface area contributed by atoms with Crippen LogP contribution < -0.4 is 9.64 Å². The van der Waals surface area contributed by atoms with Gasteiger partial charge in [-0.1, -0.05) is 11.2 Å². The molecule has 1 saturated carbocycles. The number of aromatic nitrogens is 1. The summed E-state index contributed by atoms with van der Waals surface area (Å²) in [4.78, 5) is 4.07. The summed E-state index contributed by atoms with van der Waals surface area (Å²) in [5.41, 5.74) is 4.24. The van der Waals surface area contributed by atoms with Crippen LogP contribution in [0.1, 0.15) is 54.5 Å². The maximum Gasteiger partial charge on any atom is 0.173 e. The second-order valence-electron chi connectivity index (χ2n) is 10.6. The number of benzene rings is 2. The van der Waals surface area contributed by atoms with Crippen molar-refractivity contribution in [2.45, 2.75) is 52.0 Å². The number of halogens is 1. The molecule has 6 nitrogen and oxygen atoms in total. The molecule has 2 aliphatic rings. The lowest BCUT2D eigenvalue weighted by molar-refractivity contribution is 0.170. The van der Waals surface area contributed by atoms with Crippen molar-refractivity contribution >= 4 is 16.7 Å². The number of nitriles is 1. The van der Waals surface area contributed by atoms with Crippen LogP contribution in [0.25, 0.3) is 11.0 Å². The highest BCUT2D eigenvalue weighted by Gasteiger charge is 2.24. The highest BCUT2D eigenvalue weighted by molar-refractivity contribution is 5.84. The number of rotatable bonds is 9. The fourth-order valence-corrected chi connectivity index (χ4v) is 5.22. The van der Waals surface area contributed by atoms with Gasteiger partial charge in [0.2, 0.25) is 0 Å². The Hall–Kier alpha value is -3.11. The maximum absolute atomic E-state index is 15.0. The fraction of sp³-hybridized carbons (Fsp3) is 0.517. The second kappa shape index (κ2) is 10.5. The van der Waals surface area contributed by atoms with Gasteiger partial charge in [-0.2, -0.15) is 5.26 Å². The van der Waals surface area contributed by atoms with Gasteiger partial charge in [0.25, 0.3) is 0 Å². The van der Waals surface area contributed by atoms with Crippen molar-refractivity contribution in [3.63, 3.8) is 0 Å². The normalized spacial score (nSPS) is 16.9. The molecular formula is C29H35FN4O2. The van der Waals surface area contributed by atoms with Crippen molar-refractivity contribution < 1.29 is 13.7 Å². The molecule has 36 heavy (non-hydrogen) atoms. The monoisotopic (exact) mass is 490 g/mol. The summed E-state index contributed by atoms with van der Waals surface area (Å²) in [6, 6.07) is 9.84. The first kappa shape index (κ1) is 24.6. The minimum Gasteiger partial charge on any atom is -0.493 e. The third kappa shape index (κ3) is 5.19. The summed E-state index contributed by atoms with van der Waals surface area (Å²) in [6.45, 7) is 5.24. The average Bonchev–Trinajstić information content (AvgIpc) is 3.61. The zero-order chi connectivity index (χ0) is 25.2. The molecule has 1 aliphatic heterocycles. The average molecular weight is 491 g/mol. The van der Waals surface area contributed by atoms with E-state index in [1.54, 1.807) is 4.90 Å². The Labute approximate surface area is 212 Å². The third-order valence-corrected chi connectivity index (χ3v) is 7.77. The predicted molar refractivity (Wildman–Crippen MR) is 139 cm³/mol. The van der Waals surface area contributed by atoms with E-state index in [4.69, 9.17) is 9.26 Å². The van der Waals surface area contributed by atoms with Crippen molar-refractivity contribution in [2.24, 2.45) is 11.8 Å². The van der Waals surface area contributed by atoms with Crippen LogP contribution >= 0.6 is 0 Å². The van der Waals surface area contributed by atoms with Crippen LogP contribution in [0.15, 0.2) is 28.8 Å². The van der Waals surface area contributed by atoms with E-state index in [0.29, 0.717) is 23.7 Å². The van der Waals surface area contributed by atoms with E-state index in [-0.39, 0.29) is 11.4 Å². The number of ether oxygens (including phenoxy) is 1. The fourth-order valence-electron chi connectivity index (χ4n) is 5.22. The number of hydrogen-bond donors (Lipinski definition) is 0. The molecule has 0 radical (unpaired) electrons. The van der Waals surface area contributed by atoms with Crippen molar-refractivity contribution in [3.8, 4) is 11.8 Å². The van der Waals surface area contributed by atoms with E-state index in [1.807, 2.05) is 39.2 Å². The van der Waals surface area contributed by atoms with E-state index < -0.39 is 0 Å². The summed E-state index contributed by atoms with van der Waals surface area (Å²) < 4.78 is 26.7. The van der Waals surface area contributed by atoms with Crippen LogP contribution in [0.4, 0.5) is 10.1 Å². The number of likely N-dealkylation sites (tertiary alicyclic amines) is 1. The van der Waals surface area contributed by atoms with Gasteiger partial charge in [-0.25, -0.2) is 4.39 Å². The molecule has 3 aromatic rings. The second-order valence-corrected chi connectivity index (χ2v) is 10.6. The van der Waals surface area contributed by atoms with Crippen LogP contribution in [-0.4, -0.2) is 43.8 Å². The van der Waals surface area contributed by atoms with Crippen LogP contribution in [0, 0.1) is 35.9 Å². The molecule has 0 unspecified atom stereocenters. The Kier molecular flexibility index (Phi) is 7.15. The van der Waals surface area contributed by atoms with Crippen molar-refractivity contribution in [3.05, 3.63) is 52.5 Å². The Morgan fingerprint density at radius 1 is 1.14 bits per heavy atom. The van der Waals surface area contributed by atoms with Crippen molar-refractivity contribution in [2.75, 3.05) is 38.7 Å². The Morgan fingerprint density at radius 3 is 2.61 bits per heavy atom. The molecule has 2 heterocycles. The largest absolute Gasteiger partial charge is 0.493 e. The maximum atomic E-state index is 15.0. The summed E-state index contributed by atoms with van der Waals surface area (Å²) in [6.07, 6.45) is 6.67. The van der Waals surface area contributed by atoms with E-state index in [9.17, 15) is 9.65 Å². The SMILES string of the molecule is Cc1c(OCC2CC2)ccc2c(CCC3CCN(Cc4ccc(N(C)C)c(C#N)c4F)CC3)noc12. The summed E-state index contributed by atoms with van der Waals surface area (Å²) in [5.74, 6) is 1.85. The lowest BCUT2D eigenvalue weighted by atomic mass is 9.90. The molecule has 0 bridgehead atoms. The Bertz CT molecular complexity index is 1270. The van der Waals surface area contributed by atoms with Crippen LogP contribution in [0.3, 0.4) is 0 Å². The molecule has 2 aromatic carbocycles. The van der Waals surface area contributed by atoms with E-state index in [1.165, 1.54) is 12.8 Å². The standard InChI is InChI=1S/C29H35FN4O2/c1-19-27(35-18-21-4-5-21)11-8-23-25(32-36-29(19)23)9-6-20-12-14-34(15-13-20)17-22-7-10-26(33(2)3)24(16-31)28(22)30/h7-8,10-11,20-21H,4-6,9,12-15,17-18H2,1-3H3. The smallest absolute Gasteiger partial charge is 0.173 e. The lowest BCUT2D eigenvalue weighted by Crippen LogP contribution is -2.33. The number of nitrogens with zero attached hydrogens (tertiary/aromatic N) is 4. The van der Waals surface area contributed by atoms with Crippen molar-refractivity contribution in [1.29, 1.82) is 5.26 Å². The van der Waals surface area contributed by atoms with Crippen LogP contribution in [0.2, 0.25) is 0 Å². The van der Waals surface area contributed by atoms with Gasteiger partial charge >= 0.3 is 0 Å². The minimum atomic E-state index is -0.389. The zero-order valence-electron chi connectivity index (χ0n) is 21.5. The van der Waals surface area contributed by atoms with Gasteiger partial charge in [0, 0.05) is 37.2 Å². The molecule has 0 spiro atoms. The Balaban J connectivity index is 1.15. The van der Waals surface area contributed by atoms with Crippen LogP contribution in [0.5, 0.6) is 5.75 Å². The molecule has 0 N–H and O–H groups in total. The number of aryl methyl sites for hydroxylation is 2. The molecule has 7 heteroatoms. The molecule has 1 aliphatic carbocycles. The Morgan fingerprint density at radius 2 is 1.92 bits per heavy atom. The van der Waals surface area contributed by atoms with E-state index >= 15 is 0 Å². The quantitative estimate of drug-likeness (QED) is 0.375. The first-order chi connectivity index (χ1) is 17.4. The van der Waals surface area contributed by atoms with Crippen LogP contribution in [-0.2, 0) is 13.0 Å². The number of anilines is 1. The topological polar surface area (TPSA) is 65.5 Å². The zero-order valence-corrected chi connectivity index (χ0v) is 21.5. The minimum absolute atomic E-state index is 0.129. The van der Waals surface area contributed by atoms with Gasteiger partial charge < -0.3 is 14.2 Å². The number of piperidine rings is 1. The highest BCUT2D eigenvalue weighted by atomic mass is 19.1. The van der Waals surface area contributed by atoms with Gasteiger partial charge in [0.15, 0.2) is 5.58 Å². The van der Waals surface area contributed by atoms with Gasteiger partial charge in [-0.15, -0.1) is 0 Å². The molecule has 1 saturated heterocycles. The molecular weight excluding hydrogens is 455 g/mol. The highest BCUT2D eigenvalue weighted by Crippen LogP contribution is 2.34. The van der Waals surface area contributed by atoms with Crippen molar-refractivity contribution in [1.82, 2.24) is 10.1 Å². The van der Waals surface area contributed by atoms with E-state index in [2.05, 4.69) is 22.2 Å². The lowest BCUT2D eigenvalue weighted by Gasteiger charge is -2.32. The number of hydrogen-bond acceptors (Lipinski definition) is 6. The molecule has 0 atom stereocenters. The summed E-state index contributed by atoms with van der Waals surface area (Å²) in [5, 5.41) is 14.9. The van der Waals surface area contributed by atoms with E-state index in [0.717, 1.165) is 79.3 Å². The van der Waals surface area contributed by atoms with Gasteiger partial charge in [-0.05, 0) is 88.6 Å². The predicted octanol–water partition coefficient (Wildman–Crippen LogP) is 5.85. The van der Waals surface area contributed by atoms with Gasteiger partial charge in [0.05, 0.1) is 18.0 Å². The first-order valence-electron chi connectivity index (χ1n) is 13.1. The molecule has 0 amide bonds. The molecule has 5 rings (SSSR count). The third-order valence-electron chi connectivity index (χ3n) is 7.77. The van der Waals surface area contributed by atoms with Gasteiger partial charge in [0.1, 0.15) is 23.2 Å². The first-order valence-corrected chi connectivity index (χ1v) is 13.1. The number of fused-ring (bicyclic) bond motifs is 1. The summed E-state index contributed by atoms with van der Waals surface area (Å²) in [7, 11) is 3.65. The van der Waals surface area contributed by atoms with Gasteiger partial charge in [-0.3, -0.25) is 4.90 Å². The molecule has 2 fully saturated rings. The summed E-state index contributed by atoms with van der Waals surface area (Å²) >= 11 is 0. The molecule has 1 aromatic heterocycles.